The number of carboxylic acids is 3. The molecule has 0 aliphatic carbocycles. The Hall–Kier alpha value is -3.82. The molecule has 0 saturated carbocycles. The van der Waals surface area contributed by atoms with Crippen molar-refractivity contribution in [3.63, 3.8) is 0 Å². The zero-order chi connectivity index (χ0) is 38.0. The number of hydrogen-bond acceptors (Lipinski definition) is 10. The fourth-order valence-corrected chi connectivity index (χ4v) is 10.1. The SMILES string of the molecule is O=C(O)C(Cc1cccc(OCCN(Cc2csc(CC(C(=O)O)C3CCNC3)c2)C(=O)Cc2csc(CC(C(=O)O)C3CCNC3)c2)c1)C1CCNC1. The number of ether oxygens (including phenoxy) is 1. The van der Waals surface area contributed by atoms with Crippen molar-refractivity contribution >= 4 is 46.5 Å². The Labute approximate surface area is 324 Å². The molecule has 6 rings (SSSR count). The molecule has 5 heterocycles. The van der Waals surface area contributed by atoms with E-state index in [1.807, 2.05) is 47.2 Å². The van der Waals surface area contributed by atoms with Crippen LogP contribution in [0.1, 0.15) is 45.7 Å². The minimum Gasteiger partial charge on any atom is -0.492 e. The highest BCUT2D eigenvalue weighted by molar-refractivity contribution is 7.10. The van der Waals surface area contributed by atoms with Crippen molar-refractivity contribution < 1.29 is 39.2 Å². The zero-order valence-corrected chi connectivity index (χ0v) is 32.2. The summed E-state index contributed by atoms with van der Waals surface area (Å²) in [5, 5.41) is 43.6. The largest absolute Gasteiger partial charge is 0.492 e. The second kappa shape index (κ2) is 19.2. The molecule has 3 fully saturated rings. The van der Waals surface area contributed by atoms with Crippen molar-refractivity contribution in [2.45, 2.75) is 51.5 Å². The molecule has 0 bridgehead atoms. The first-order valence-corrected chi connectivity index (χ1v) is 20.8. The smallest absolute Gasteiger partial charge is 0.307 e. The van der Waals surface area contributed by atoms with Crippen LogP contribution in [0, 0.1) is 35.5 Å². The van der Waals surface area contributed by atoms with Gasteiger partial charge >= 0.3 is 17.9 Å². The van der Waals surface area contributed by atoms with Gasteiger partial charge in [-0.1, -0.05) is 12.1 Å². The van der Waals surface area contributed by atoms with E-state index in [1.165, 1.54) is 22.7 Å². The van der Waals surface area contributed by atoms with Crippen molar-refractivity contribution in [2.75, 3.05) is 52.4 Å². The number of amides is 1. The van der Waals surface area contributed by atoms with E-state index in [-0.39, 0.29) is 36.7 Å². The number of carbonyl (C=O) groups excluding carboxylic acids is 1. The van der Waals surface area contributed by atoms with Crippen LogP contribution in [0.5, 0.6) is 5.75 Å². The van der Waals surface area contributed by atoms with Crippen LogP contribution in [0.3, 0.4) is 0 Å². The number of nitrogens with one attached hydrogen (secondary N) is 3. The number of rotatable bonds is 20. The van der Waals surface area contributed by atoms with Gasteiger partial charge in [-0.3, -0.25) is 19.2 Å². The van der Waals surface area contributed by atoms with Gasteiger partial charge in [0.25, 0.3) is 0 Å². The normalized spacial score (nSPS) is 21.4. The van der Waals surface area contributed by atoms with E-state index in [0.717, 1.165) is 65.3 Å². The van der Waals surface area contributed by atoms with Crippen LogP contribution in [0.2, 0.25) is 0 Å². The Morgan fingerprint density at radius 3 is 1.74 bits per heavy atom. The average Bonchev–Trinajstić information content (AvgIpc) is 3.99. The molecular weight excluding hydrogens is 729 g/mol. The van der Waals surface area contributed by atoms with Crippen LogP contribution in [-0.4, -0.2) is 96.5 Å². The van der Waals surface area contributed by atoms with E-state index in [9.17, 15) is 34.5 Å². The first-order chi connectivity index (χ1) is 26.1. The Kier molecular flexibility index (Phi) is 14.1. The summed E-state index contributed by atoms with van der Waals surface area (Å²) in [5.41, 5.74) is 2.67. The maximum Gasteiger partial charge on any atom is 0.307 e. The molecule has 54 heavy (non-hydrogen) atoms. The minimum absolute atomic E-state index is 0.0847. The van der Waals surface area contributed by atoms with Gasteiger partial charge in [-0.25, -0.2) is 0 Å². The molecule has 2 aromatic heterocycles. The molecule has 6 atom stereocenters. The summed E-state index contributed by atoms with van der Waals surface area (Å²) in [4.78, 5) is 54.0. The predicted molar refractivity (Wildman–Crippen MR) is 207 cm³/mol. The van der Waals surface area contributed by atoms with Crippen molar-refractivity contribution in [1.29, 1.82) is 0 Å². The lowest BCUT2D eigenvalue weighted by atomic mass is 9.86. The highest BCUT2D eigenvalue weighted by Crippen LogP contribution is 2.30. The summed E-state index contributed by atoms with van der Waals surface area (Å²) >= 11 is 3.02. The predicted octanol–water partition coefficient (Wildman–Crippen LogP) is 4.02. The lowest BCUT2D eigenvalue weighted by Gasteiger charge is -2.23. The van der Waals surface area contributed by atoms with Crippen LogP contribution in [0.25, 0.3) is 0 Å². The Morgan fingerprint density at radius 1 is 0.704 bits per heavy atom. The summed E-state index contributed by atoms with van der Waals surface area (Å²) < 4.78 is 6.16. The Bertz CT molecular complexity index is 1730. The van der Waals surface area contributed by atoms with Gasteiger partial charge in [-0.15, -0.1) is 22.7 Å². The fraction of sp³-hybridized carbons (Fsp3) is 0.550. The van der Waals surface area contributed by atoms with Gasteiger partial charge in [0, 0.05) is 16.3 Å². The van der Waals surface area contributed by atoms with Crippen molar-refractivity contribution in [1.82, 2.24) is 20.9 Å². The zero-order valence-electron chi connectivity index (χ0n) is 30.5. The molecule has 1 amide bonds. The van der Waals surface area contributed by atoms with Gasteiger partial charge in [0.2, 0.25) is 5.91 Å². The number of carbonyl (C=O) groups is 4. The number of hydrogen-bond donors (Lipinski definition) is 6. The molecular formula is C40H52N4O8S2. The molecule has 0 radical (unpaired) electrons. The molecule has 3 saturated heterocycles. The lowest BCUT2D eigenvalue weighted by molar-refractivity contribution is -0.144. The van der Waals surface area contributed by atoms with E-state index in [4.69, 9.17) is 4.74 Å². The Morgan fingerprint density at radius 2 is 1.22 bits per heavy atom. The van der Waals surface area contributed by atoms with Crippen LogP contribution < -0.4 is 20.7 Å². The average molecular weight is 781 g/mol. The molecule has 3 aromatic rings. The van der Waals surface area contributed by atoms with E-state index >= 15 is 0 Å². The molecule has 12 nitrogen and oxygen atoms in total. The standard InChI is InChI=1S/C40H52N4O8S2/c45-37(16-26-13-32(53-23-26)17-35(39(48)49)29-5-8-42-20-29)44(22-27-14-33(54-24-27)18-36(40(50)51)30-6-9-43-21-30)10-11-52-31-3-1-2-25(12-31)15-34(38(46)47)28-4-7-41-19-28/h1-3,12-14,23-24,28-30,34-36,41-43H,4-11,15-22H2,(H,46,47)(H,48,49)(H,50,51). The highest BCUT2D eigenvalue weighted by Gasteiger charge is 2.33. The molecule has 3 aliphatic rings. The highest BCUT2D eigenvalue weighted by atomic mass is 32.1. The van der Waals surface area contributed by atoms with Crippen LogP contribution in [0.4, 0.5) is 0 Å². The number of nitrogens with zero attached hydrogens (tertiary/aromatic N) is 1. The number of thiophene rings is 2. The van der Waals surface area contributed by atoms with E-state index < -0.39 is 35.7 Å². The third-order valence-electron chi connectivity index (χ3n) is 11.3. The van der Waals surface area contributed by atoms with Gasteiger partial charge in [-0.2, -0.15) is 0 Å². The monoisotopic (exact) mass is 780 g/mol. The van der Waals surface area contributed by atoms with Crippen molar-refractivity contribution in [3.8, 4) is 5.75 Å². The van der Waals surface area contributed by atoms with Gasteiger partial charge in [0.15, 0.2) is 0 Å². The molecule has 292 valence electrons. The summed E-state index contributed by atoms with van der Waals surface area (Å²) in [7, 11) is 0. The summed E-state index contributed by atoms with van der Waals surface area (Å²) in [5.74, 6) is -2.99. The van der Waals surface area contributed by atoms with Crippen LogP contribution >= 0.6 is 22.7 Å². The third kappa shape index (κ3) is 10.9. The van der Waals surface area contributed by atoms with Crippen molar-refractivity contribution in [2.24, 2.45) is 35.5 Å². The third-order valence-corrected chi connectivity index (χ3v) is 13.3. The summed E-state index contributed by atoms with van der Waals surface area (Å²) in [6.07, 6.45) is 3.99. The van der Waals surface area contributed by atoms with Crippen LogP contribution in [-0.2, 0) is 51.4 Å². The van der Waals surface area contributed by atoms with Gasteiger partial charge in [-0.05, 0) is 147 Å². The van der Waals surface area contributed by atoms with Crippen LogP contribution in [0.15, 0.2) is 47.2 Å². The fourth-order valence-electron chi connectivity index (χ4n) is 8.19. The second-order valence-corrected chi connectivity index (χ2v) is 17.0. The molecule has 6 N–H and O–H groups in total. The van der Waals surface area contributed by atoms with Gasteiger partial charge in [0.05, 0.1) is 30.7 Å². The Balaban J connectivity index is 1.11. The maximum absolute atomic E-state index is 14.0. The van der Waals surface area contributed by atoms with Gasteiger partial charge in [0.1, 0.15) is 12.4 Å². The molecule has 1 aromatic carbocycles. The molecule has 6 unspecified atom stereocenters. The second-order valence-electron chi connectivity index (χ2n) is 15.0. The first kappa shape index (κ1) is 39.9. The molecule has 3 aliphatic heterocycles. The van der Waals surface area contributed by atoms with E-state index in [1.54, 1.807) is 4.90 Å². The summed E-state index contributed by atoms with van der Waals surface area (Å²) in [6.45, 7) is 5.47. The number of benzene rings is 1. The number of aliphatic carboxylic acids is 3. The van der Waals surface area contributed by atoms with Gasteiger partial charge < -0.3 is 40.9 Å². The molecule has 14 heteroatoms. The first-order valence-electron chi connectivity index (χ1n) is 19.1. The van der Waals surface area contributed by atoms with Crippen molar-refractivity contribution in [3.05, 3.63) is 73.6 Å². The quantitative estimate of drug-likeness (QED) is 0.0977. The maximum atomic E-state index is 14.0. The lowest BCUT2D eigenvalue weighted by Crippen LogP contribution is -2.35. The number of carboxylic acid groups (broad SMARTS) is 3. The molecule has 0 spiro atoms. The summed E-state index contributed by atoms with van der Waals surface area (Å²) in [6, 6.07) is 11.5. The minimum atomic E-state index is -0.791. The topological polar surface area (TPSA) is 178 Å². The van der Waals surface area contributed by atoms with E-state index in [0.29, 0.717) is 57.7 Å². The van der Waals surface area contributed by atoms with E-state index in [2.05, 4.69) is 16.0 Å².